The van der Waals surface area contributed by atoms with Gasteiger partial charge in [0, 0.05) is 30.6 Å². The number of para-hydroxylation sites is 1. The monoisotopic (exact) mass is 273 g/mol. The van der Waals surface area contributed by atoms with E-state index >= 15 is 0 Å². The Hall–Kier alpha value is -1.32. The fourth-order valence-corrected chi connectivity index (χ4v) is 3.20. The maximum atomic E-state index is 5.80. The minimum Gasteiger partial charge on any atom is -0.461 e. The molecule has 108 valence electrons. The standard InChI is InChI=1S/C17H23NO2/c1-3-16-13(8-9-19-16)10-18-11-15-12(2)20-17-7-5-4-6-14(15)17/h4-7,13,16,18H,3,8-11H2,1-2H3. The molecule has 1 aliphatic heterocycles. The summed E-state index contributed by atoms with van der Waals surface area (Å²) in [5, 5.41) is 4.82. The number of furan rings is 1. The summed E-state index contributed by atoms with van der Waals surface area (Å²) in [5.41, 5.74) is 2.27. The van der Waals surface area contributed by atoms with E-state index in [1.807, 2.05) is 19.1 Å². The fourth-order valence-electron chi connectivity index (χ4n) is 3.20. The van der Waals surface area contributed by atoms with Crippen LogP contribution < -0.4 is 5.32 Å². The lowest BCUT2D eigenvalue weighted by atomic mass is 9.99. The van der Waals surface area contributed by atoms with Gasteiger partial charge >= 0.3 is 0 Å². The lowest BCUT2D eigenvalue weighted by molar-refractivity contribution is 0.0872. The highest BCUT2D eigenvalue weighted by Crippen LogP contribution is 2.26. The molecule has 1 aromatic carbocycles. The largest absolute Gasteiger partial charge is 0.461 e. The Morgan fingerprint density at radius 2 is 2.15 bits per heavy atom. The molecule has 1 aromatic heterocycles. The first-order valence-corrected chi connectivity index (χ1v) is 7.59. The topological polar surface area (TPSA) is 34.4 Å². The molecule has 1 saturated heterocycles. The van der Waals surface area contributed by atoms with Crippen molar-refractivity contribution in [1.29, 1.82) is 0 Å². The maximum Gasteiger partial charge on any atom is 0.134 e. The Morgan fingerprint density at radius 1 is 1.30 bits per heavy atom. The number of hydrogen-bond acceptors (Lipinski definition) is 3. The summed E-state index contributed by atoms with van der Waals surface area (Å²) in [6.45, 7) is 7.06. The average Bonchev–Trinajstić information content (AvgIpc) is 3.03. The number of benzene rings is 1. The molecule has 1 aliphatic rings. The van der Waals surface area contributed by atoms with Gasteiger partial charge in [-0.05, 0) is 31.7 Å². The lowest BCUT2D eigenvalue weighted by Crippen LogP contribution is -2.28. The Morgan fingerprint density at radius 3 is 3.00 bits per heavy atom. The van der Waals surface area contributed by atoms with Gasteiger partial charge in [0.15, 0.2) is 0 Å². The molecular formula is C17H23NO2. The highest BCUT2D eigenvalue weighted by Gasteiger charge is 2.26. The second-order valence-corrected chi connectivity index (χ2v) is 5.63. The molecule has 3 heteroatoms. The van der Waals surface area contributed by atoms with Crippen LogP contribution in [0.5, 0.6) is 0 Å². The van der Waals surface area contributed by atoms with Crippen molar-refractivity contribution in [2.75, 3.05) is 13.2 Å². The molecule has 0 aliphatic carbocycles. The van der Waals surface area contributed by atoms with Crippen molar-refractivity contribution < 1.29 is 9.15 Å². The summed E-state index contributed by atoms with van der Waals surface area (Å²) in [7, 11) is 0. The average molecular weight is 273 g/mol. The predicted octanol–water partition coefficient (Wildman–Crippen LogP) is 3.65. The van der Waals surface area contributed by atoms with E-state index in [9.17, 15) is 0 Å². The highest BCUT2D eigenvalue weighted by molar-refractivity contribution is 5.82. The van der Waals surface area contributed by atoms with Crippen LogP contribution in [0.1, 0.15) is 31.1 Å². The van der Waals surface area contributed by atoms with Crippen molar-refractivity contribution in [1.82, 2.24) is 5.32 Å². The van der Waals surface area contributed by atoms with Gasteiger partial charge in [0.2, 0.25) is 0 Å². The van der Waals surface area contributed by atoms with Crippen LogP contribution in [0.2, 0.25) is 0 Å². The summed E-state index contributed by atoms with van der Waals surface area (Å²) < 4.78 is 11.5. The fraction of sp³-hybridized carbons (Fsp3) is 0.529. The van der Waals surface area contributed by atoms with Crippen LogP contribution >= 0.6 is 0 Å². The molecule has 0 radical (unpaired) electrons. The predicted molar refractivity (Wildman–Crippen MR) is 80.8 cm³/mol. The number of rotatable bonds is 5. The Bertz CT molecular complexity index is 575. The molecule has 2 unspecified atom stereocenters. The molecule has 1 fully saturated rings. The van der Waals surface area contributed by atoms with Crippen molar-refractivity contribution in [2.45, 2.75) is 39.3 Å². The normalized spacial score (nSPS) is 22.7. The van der Waals surface area contributed by atoms with E-state index in [0.717, 1.165) is 37.5 Å². The Kier molecular flexibility index (Phi) is 4.08. The second kappa shape index (κ2) is 5.98. The Balaban J connectivity index is 1.64. The molecule has 0 saturated carbocycles. The van der Waals surface area contributed by atoms with Crippen molar-refractivity contribution in [3.63, 3.8) is 0 Å². The van der Waals surface area contributed by atoms with Gasteiger partial charge in [-0.15, -0.1) is 0 Å². The van der Waals surface area contributed by atoms with E-state index < -0.39 is 0 Å². The van der Waals surface area contributed by atoms with Gasteiger partial charge in [-0.25, -0.2) is 0 Å². The van der Waals surface area contributed by atoms with Crippen LogP contribution in [0.15, 0.2) is 28.7 Å². The number of aryl methyl sites for hydroxylation is 1. The third-order valence-corrected chi connectivity index (χ3v) is 4.36. The van der Waals surface area contributed by atoms with Gasteiger partial charge in [-0.3, -0.25) is 0 Å². The van der Waals surface area contributed by atoms with Crippen molar-refractivity contribution >= 4 is 11.0 Å². The maximum absolute atomic E-state index is 5.80. The molecule has 20 heavy (non-hydrogen) atoms. The lowest BCUT2D eigenvalue weighted by Gasteiger charge is -2.17. The van der Waals surface area contributed by atoms with Gasteiger partial charge in [-0.2, -0.15) is 0 Å². The highest BCUT2D eigenvalue weighted by atomic mass is 16.5. The van der Waals surface area contributed by atoms with Gasteiger partial charge in [0.05, 0.1) is 6.10 Å². The van der Waals surface area contributed by atoms with Gasteiger partial charge in [-0.1, -0.05) is 25.1 Å². The number of fused-ring (bicyclic) bond motifs is 1. The molecule has 3 nitrogen and oxygen atoms in total. The minimum absolute atomic E-state index is 0.435. The summed E-state index contributed by atoms with van der Waals surface area (Å²) >= 11 is 0. The van der Waals surface area contributed by atoms with E-state index in [1.165, 1.54) is 17.4 Å². The van der Waals surface area contributed by atoms with E-state index in [-0.39, 0.29) is 0 Å². The van der Waals surface area contributed by atoms with Crippen LogP contribution in [-0.4, -0.2) is 19.3 Å². The van der Waals surface area contributed by atoms with E-state index in [2.05, 4.69) is 24.4 Å². The number of ether oxygens (including phenoxy) is 1. The van der Waals surface area contributed by atoms with E-state index in [1.54, 1.807) is 0 Å². The first-order chi connectivity index (χ1) is 9.79. The number of hydrogen-bond donors (Lipinski definition) is 1. The molecule has 3 rings (SSSR count). The third-order valence-electron chi connectivity index (χ3n) is 4.36. The minimum atomic E-state index is 0.435. The Labute approximate surface area is 120 Å². The van der Waals surface area contributed by atoms with Crippen molar-refractivity contribution in [3.05, 3.63) is 35.6 Å². The van der Waals surface area contributed by atoms with Gasteiger partial charge < -0.3 is 14.5 Å². The molecule has 2 heterocycles. The molecule has 0 amide bonds. The molecule has 0 bridgehead atoms. The van der Waals surface area contributed by atoms with Gasteiger partial charge in [0.25, 0.3) is 0 Å². The van der Waals surface area contributed by atoms with Gasteiger partial charge in [0.1, 0.15) is 11.3 Å². The van der Waals surface area contributed by atoms with E-state index in [0.29, 0.717) is 12.0 Å². The van der Waals surface area contributed by atoms with Crippen LogP contribution in [0.25, 0.3) is 11.0 Å². The van der Waals surface area contributed by atoms with Crippen molar-refractivity contribution in [3.8, 4) is 0 Å². The summed E-state index contributed by atoms with van der Waals surface area (Å²) in [6.07, 6.45) is 2.72. The summed E-state index contributed by atoms with van der Waals surface area (Å²) in [6, 6.07) is 8.25. The molecule has 1 N–H and O–H groups in total. The first-order valence-electron chi connectivity index (χ1n) is 7.59. The molecule has 2 aromatic rings. The molecule has 2 atom stereocenters. The second-order valence-electron chi connectivity index (χ2n) is 5.63. The van der Waals surface area contributed by atoms with Crippen LogP contribution in [0.3, 0.4) is 0 Å². The SMILES string of the molecule is CCC1OCCC1CNCc1c(C)oc2ccccc12. The summed E-state index contributed by atoms with van der Waals surface area (Å²) in [5.74, 6) is 1.67. The zero-order valence-electron chi connectivity index (χ0n) is 12.3. The quantitative estimate of drug-likeness (QED) is 0.903. The van der Waals surface area contributed by atoms with E-state index in [4.69, 9.17) is 9.15 Å². The molecular weight excluding hydrogens is 250 g/mol. The van der Waals surface area contributed by atoms with Crippen molar-refractivity contribution in [2.24, 2.45) is 5.92 Å². The molecule has 0 spiro atoms. The van der Waals surface area contributed by atoms with Crippen LogP contribution in [0.4, 0.5) is 0 Å². The third kappa shape index (κ3) is 2.60. The first kappa shape index (κ1) is 13.7. The smallest absolute Gasteiger partial charge is 0.134 e. The van der Waals surface area contributed by atoms with Crippen LogP contribution in [-0.2, 0) is 11.3 Å². The number of nitrogens with one attached hydrogen (secondary N) is 1. The summed E-state index contributed by atoms with van der Waals surface area (Å²) in [4.78, 5) is 0. The van der Waals surface area contributed by atoms with Crippen LogP contribution in [0, 0.1) is 12.8 Å². The zero-order chi connectivity index (χ0) is 13.9. The zero-order valence-corrected chi connectivity index (χ0v) is 12.3.